The van der Waals surface area contributed by atoms with E-state index in [1.54, 1.807) is 48.6 Å². The van der Waals surface area contributed by atoms with Gasteiger partial charge < -0.3 is 64.2 Å². The average Bonchev–Trinajstić information content (AvgIpc) is 3.05. The molecule has 0 aromatic heterocycles. The second-order valence-corrected chi connectivity index (χ2v) is 16.5. The molecule has 14 nitrogen and oxygen atoms in total. The van der Waals surface area contributed by atoms with Crippen molar-refractivity contribution < 1.29 is 58.7 Å². The molecule has 6 N–H and O–H groups in total. The molecule has 0 aromatic rings. The van der Waals surface area contributed by atoms with Gasteiger partial charge in [0.05, 0.1) is 41.5 Å². The van der Waals surface area contributed by atoms with Gasteiger partial charge in [-0.3, -0.25) is 4.79 Å². The first-order chi connectivity index (χ1) is 23.5. The first-order valence-electron chi connectivity index (χ1n) is 18.8. The Balaban J connectivity index is 2.16. The summed E-state index contributed by atoms with van der Waals surface area (Å²) in [5.41, 5.74) is -4.37. The highest BCUT2D eigenvalue weighted by Gasteiger charge is 2.52. The van der Waals surface area contributed by atoms with E-state index in [0.29, 0.717) is 13.0 Å². The molecule has 3 heterocycles. The van der Waals surface area contributed by atoms with Crippen LogP contribution in [0.2, 0.25) is 0 Å². The normalized spacial score (nSPS) is 50.2. The highest BCUT2D eigenvalue weighted by atomic mass is 16.7. The third kappa shape index (κ3) is 10.0. The van der Waals surface area contributed by atoms with E-state index in [9.17, 15) is 30.3 Å². The number of aliphatic hydroxyl groups is 5. The summed E-state index contributed by atoms with van der Waals surface area (Å²) in [5.74, 6) is -2.59. The molecule has 0 bridgehead atoms. The van der Waals surface area contributed by atoms with Crippen molar-refractivity contribution in [2.24, 2.45) is 17.8 Å². The van der Waals surface area contributed by atoms with E-state index in [0.717, 1.165) is 0 Å². The van der Waals surface area contributed by atoms with E-state index in [4.69, 9.17) is 28.4 Å². The van der Waals surface area contributed by atoms with Crippen LogP contribution in [0.15, 0.2) is 0 Å². The van der Waals surface area contributed by atoms with Gasteiger partial charge >= 0.3 is 5.97 Å². The second kappa shape index (κ2) is 17.6. The summed E-state index contributed by atoms with van der Waals surface area (Å²) < 4.78 is 37.3. The summed E-state index contributed by atoms with van der Waals surface area (Å²) in [6.07, 6.45) is -8.24. The molecule has 0 saturated carbocycles. The second-order valence-electron chi connectivity index (χ2n) is 16.5. The van der Waals surface area contributed by atoms with Gasteiger partial charge in [-0.15, -0.1) is 0 Å². The van der Waals surface area contributed by atoms with Gasteiger partial charge in [0.25, 0.3) is 0 Å². The minimum atomic E-state index is -1.80. The predicted octanol–water partition coefficient (Wildman–Crippen LogP) is 1.56. The minimum absolute atomic E-state index is 0.132. The van der Waals surface area contributed by atoms with Gasteiger partial charge in [0.2, 0.25) is 0 Å². The fourth-order valence-electron chi connectivity index (χ4n) is 8.53. The molecule has 300 valence electrons. The molecule has 3 saturated heterocycles. The van der Waals surface area contributed by atoms with E-state index in [2.05, 4.69) is 5.32 Å². The molecule has 0 spiro atoms. The Bertz CT molecular complexity index is 1110. The first kappa shape index (κ1) is 44.4. The number of nitrogens with zero attached hydrogens (tertiary/aromatic N) is 1. The number of nitrogens with one attached hydrogen (secondary N) is 1. The van der Waals surface area contributed by atoms with E-state index in [1.165, 1.54) is 14.0 Å². The third-order valence-electron chi connectivity index (χ3n) is 11.9. The molecule has 0 aliphatic carbocycles. The number of rotatable bonds is 7. The standard InChI is InChI=1S/C37H70N2O12/c1-14-26-37(10,45)30(41)23(6)39(12)18-19(2)16-35(8,44)32(51-34-28(40)25(38-11)15-20(3)47-34)21(4)29(22(5)33(43)49-26)50-27-17-36(9,46-13)31(42)24(7)48-27/h19-32,34,38,40-42,44-45H,14-18H2,1-13H3/t19-,20-,21+,22?,23?,24?,25?,26-,27+,28-,29+,30?,31+,32-,34?,35-,36-,37-/m1/s1. The van der Waals surface area contributed by atoms with Crippen LogP contribution in [0.25, 0.3) is 0 Å². The smallest absolute Gasteiger partial charge is 0.311 e. The van der Waals surface area contributed by atoms with E-state index < -0.39 is 96.0 Å². The Morgan fingerprint density at radius 3 is 2.16 bits per heavy atom. The molecule has 3 aliphatic rings. The zero-order valence-corrected chi connectivity index (χ0v) is 33.2. The highest BCUT2D eigenvalue weighted by Crippen LogP contribution is 2.40. The van der Waals surface area contributed by atoms with Crippen molar-refractivity contribution in [2.75, 3.05) is 27.7 Å². The molecule has 6 unspecified atom stereocenters. The molecular weight excluding hydrogens is 664 g/mol. The topological polar surface area (TPSA) is 189 Å². The largest absolute Gasteiger partial charge is 0.459 e. The van der Waals surface area contributed by atoms with Crippen LogP contribution in [0.3, 0.4) is 0 Å². The zero-order chi connectivity index (χ0) is 38.8. The van der Waals surface area contributed by atoms with Crippen LogP contribution in [-0.4, -0.2) is 154 Å². The number of likely N-dealkylation sites (N-methyl/N-ethyl adjacent to an activating group) is 2. The molecule has 3 fully saturated rings. The Morgan fingerprint density at radius 2 is 1.59 bits per heavy atom. The lowest BCUT2D eigenvalue weighted by atomic mass is 9.77. The molecule has 0 aromatic carbocycles. The van der Waals surface area contributed by atoms with Crippen molar-refractivity contribution in [1.29, 1.82) is 0 Å². The van der Waals surface area contributed by atoms with Gasteiger partial charge in [-0.2, -0.15) is 0 Å². The van der Waals surface area contributed by atoms with Gasteiger partial charge in [0, 0.05) is 38.1 Å². The molecule has 18 atom stereocenters. The van der Waals surface area contributed by atoms with Crippen LogP contribution in [0, 0.1) is 17.8 Å². The molecule has 14 heteroatoms. The maximum atomic E-state index is 14.2. The van der Waals surface area contributed by atoms with Crippen molar-refractivity contribution in [3.8, 4) is 0 Å². The molecular formula is C37H70N2O12. The fourth-order valence-corrected chi connectivity index (χ4v) is 8.53. The monoisotopic (exact) mass is 734 g/mol. The van der Waals surface area contributed by atoms with Gasteiger partial charge in [0.1, 0.15) is 30.0 Å². The molecule has 3 aliphatic heterocycles. The van der Waals surface area contributed by atoms with Crippen LogP contribution in [0.4, 0.5) is 0 Å². The first-order valence-corrected chi connectivity index (χ1v) is 18.8. The molecule has 51 heavy (non-hydrogen) atoms. The Kier molecular flexibility index (Phi) is 15.3. The lowest BCUT2D eigenvalue weighted by molar-refractivity contribution is -0.316. The average molecular weight is 735 g/mol. The minimum Gasteiger partial charge on any atom is -0.459 e. The number of hydrogen-bond donors (Lipinski definition) is 6. The van der Waals surface area contributed by atoms with Crippen LogP contribution in [0.5, 0.6) is 0 Å². The molecule has 3 rings (SSSR count). The van der Waals surface area contributed by atoms with Gasteiger partial charge in [-0.05, 0) is 87.7 Å². The molecule has 0 radical (unpaired) electrons. The summed E-state index contributed by atoms with van der Waals surface area (Å²) in [6.45, 7) is 18.0. The molecule has 0 amide bonds. The fraction of sp³-hybridized carbons (Fsp3) is 0.973. The lowest BCUT2D eigenvalue weighted by Crippen LogP contribution is -2.60. The summed E-state index contributed by atoms with van der Waals surface area (Å²) in [6, 6.07) is -0.858. The summed E-state index contributed by atoms with van der Waals surface area (Å²) in [7, 11) is 5.10. The number of hydrogen-bond acceptors (Lipinski definition) is 14. The van der Waals surface area contributed by atoms with Crippen molar-refractivity contribution in [1.82, 2.24) is 10.2 Å². The van der Waals surface area contributed by atoms with E-state index >= 15 is 0 Å². The van der Waals surface area contributed by atoms with Crippen molar-refractivity contribution >= 4 is 5.97 Å². The SMILES string of the molecule is CC[C@H]1OC(=O)C(C)[C@@H](O[C@H]2C[C@@](C)(OC)[C@@H](O)C(C)O2)[C@H](C)[C@@H](OC2O[C@H](C)CC(NC)[C@H]2O)[C@](C)(O)C[C@@H](C)CN(C)C(C)C(O)[C@]1(C)O. The number of ether oxygens (including phenoxy) is 6. The van der Waals surface area contributed by atoms with Crippen molar-refractivity contribution in [3.63, 3.8) is 0 Å². The number of methoxy groups -OCH3 is 1. The summed E-state index contributed by atoms with van der Waals surface area (Å²) in [5, 5.41) is 61.0. The Morgan fingerprint density at radius 1 is 0.961 bits per heavy atom. The van der Waals surface area contributed by atoms with Gasteiger partial charge in [0.15, 0.2) is 12.6 Å². The number of carbonyl (C=O) groups is 1. The highest BCUT2D eigenvalue weighted by molar-refractivity contribution is 5.73. The van der Waals surface area contributed by atoms with E-state index in [-0.39, 0.29) is 37.3 Å². The van der Waals surface area contributed by atoms with Crippen molar-refractivity contribution in [3.05, 3.63) is 0 Å². The van der Waals surface area contributed by atoms with Crippen LogP contribution >= 0.6 is 0 Å². The summed E-state index contributed by atoms with van der Waals surface area (Å²) in [4.78, 5) is 16.1. The maximum absolute atomic E-state index is 14.2. The quantitative estimate of drug-likeness (QED) is 0.207. The van der Waals surface area contributed by atoms with Crippen LogP contribution in [-0.2, 0) is 33.2 Å². The number of cyclic esters (lactones) is 1. The van der Waals surface area contributed by atoms with Gasteiger partial charge in [-0.25, -0.2) is 0 Å². The summed E-state index contributed by atoms with van der Waals surface area (Å²) >= 11 is 0. The number of esters is 1. The zero-order valence-electron chi connectivity index (χ0n) is 33.2. The Hall–Kier alpha value is -1.01. The van der Waals surface area contributed by atoms with Crippen molar-refractivity contribution in [2.45, 2.75) is 185 Å². The lowest BCUT2D eigenvalue weighted by Gasteiger charge is -2.48. The number of carbonyl (C=O) groups excluding carboxylic acids is 1. The van der Waals surface area contributed by atoms with Gasteiger partial charge in [-0.1, -0.05) is 20.8 Å². The third-order valence-corrected chi connectivity index (χ3v) is 11.9. The van der Waals surface area contributed by atoms with E-state index in [1.807, 2.05) is 32.7 Å². The Labute approximate surface area is 305 Å². The van der Waals surface area contributed by atoms with Crippen LogP contribution in [0.1, 0.15) is 94.9 Å². The van der Waals surface area contributed by atoms with Crippen LogP contribution < -0.4 is 5.32 Å². The maximum Gasteiger partial charge on any atom is 0.311 e. The predicted molar refractivity (Wildman–Crippen MR) is 190 cm³/mol. The number of aliphatic hydroxyl groups excluding tert-OH is 3.